The lowest BCUT2D eigenvalue weighted by atomic mass is 10.1. The van der Waals surface area contributed by atoms with Crippen molar-refractivity contribution in [3.8, 4) is 0 Å². The van der Waals surface area contributed by atoms with Gasteiger partial charge in [0.05, 0.1) is 11.1 Å². The Bertz CT molecular complexity index is 652. The fourth-order valence-corrected chi connectivity index (χ4v) is 2.09. The van der Waals surface area contributed by atoms with Crippen LogP contribution >= 0.6 is 0 Å². The predicted octanol–water partition coefficient (Wildman–Crippen LogP) is 2.00. The molecule has 6 nitrogen and oxygen atoms in total. The van der Waals surface area contributed by atoms with Gasteiger partial charge in [-0.05, 0) is 18.6 Å². The highest BCUT2D eigenvalue weighted by Crippen LogP contribution is 2.15. The molecule has 1 amide bonds. The summed E-state index contributed by atoms with van der Waals surface area (Å²) in [4.78, 5) is 31.6. The molecule has 110 valence electrons. The van der Waals surface area contributed by atoms with E-state index in [-0.39, 0.29) is 0 Å². The molecule has 2 N–H and O–H groups in total. The quantitative estimate of drug-likeness (QED) is 0.847. The Morgan fingerprint density at radius 3 is 2.86 bits per heavy atom. The normalized spacial score (nSPS) is 12.0. The highest BCUT2D eigenvalue weighted by atomic mass is 16.4. The molecule has 2 heterocycles. The van der Waals surface area contributed by atoms with E-state index in [1.807, 2.05) is 6.92 Å². The van der Waals surface area contributed by atoms with Gasteiger partial charge in [-0.15, -0.1) is 0 Å². The molecule has 0 aromatic carbocycles. The molecule has 0 spiro atoms. The molecular formula is C15H17N3O3. The molecule has 0 unspecified atom stereocenters. The zero-order valence-electron chi connectivity index (χ0n) is 11.7. The van der Waals surface area contributed by atoms with Gasteiger partial charge in [-0.2, -0.15) is 0 Å². The fraction of sp³-hybridized carbons (Fsp3) is 0.333. The summed E-state index contributed by atoms with van der Waals surface area (Å²) in [7, 11) is 0. The number of hydrogen-bond acceptors (Lipinski definition) is 4. The van der Waals surface area contributed by atoms with Crippen LogP contribution in [-0.2, 0) is 4.79 Å². The number of carbonyl (C=O) groups is 2. The molecule has 2 rings (SSSR count). The average Bonchev–Trinajstić information content (AvgIpc) is 2.50. The van der Waals surface area contributed by atoms with Crippen molar-refractivity contribution in [2.45, 2.75) is 32.2 Å². The van der Waals surface area contributed by atoms with Gasteiger partial charge in [-0.1, -0.05) is 19.8 Å². The van der Waals surface area contributed by atoms with Crippen LogP contribution in [0.5, 0.6) is 0 Å². The maximum Gasteiger partial charge on any atom is 0.326 e. The van der Waals surface area contributed by atoms with E-state index in [1.54, 1.807) is 24.5 Å². The predicted molar refractivity (Wildman–Crippen MR) is 78.0 cm³/mol. The molecular weight excluding hydrogens is 270 g/mol. The van der Waals surface area contributed by atoms with Gasteiger partial charge in [0, 0.05) is 24.0 Å². The largest absolute Gasteiger partial charge is 0.480 e. The summed E-state index contributed by atoms with van der Waals surface area (Å²) in [5, 5.41) is 12.3. The minimum Gasteiger partial charge on any atom is -0.480 e. The zero-order valence-corrected chi connectivity index (χ0v) is 11.7. The summed E-state index contributed by atoms with van der Waals surface area (Å²) in [5.41, 5.74) is 1.04. The van der Waals surface area contributed by atoms with Crippen LogP contribution in [0, 0.1) is 0 Å². The third-order valence-corrected chi connectivity index (χ3v) is 3.24. The van der Waals surface area contributed by atoms with Crippen molar-refractivity contribution in [3.05, 3.63) is 36.3 Å². The number of unbranched alkanes of at least 4 members (excludes halogenated alkanes) is 1. The van der Waals surface area contributed by atoms with Crippen molar-refractivity contribution in [2.75, 3.05) is 0 Å². The molecule has 2 aromatic heterocycles. The van der Waals surface area contributed by atoms with Gasteiger partial charge < -0.3 is 10.4 Å². The van der Waals surface area contributed by atoms with E-state index in [9.17, 15) is 9.59 Å². The van der Waals surface area contributed by atoms with E-state index in [0.717, 1.165) is 12.8 Å². The number of amides is 1. The van der Waals surface area contributed by atoms with Crippen LogP contribution in [0.3, 0.4) is 0 Å². The smallest absolute Gasteiger partial charge is 0.326 e. The van der Waals surface area contributed by atoms with Gasteiger partial charge in [0.1, 0.15) is 6.04 Å². The van der Waals surface area contributed by atoms with Crippen molar-refractivity contribution < 1.29 is 14.7 Å². The Hall–Kier alpha value is -2.50. The molecule has 0 aliphatic heterocycles. The first-order chi connectivity index (χ1) is 10.1. The molecule has 6 heteroatoms. The van der Waals surface area contributed by atoms with Gasteiger partial charge >= 0.3 is 5.97 Å². The first kappa shape index (κ1) is 14.9. The number of carboxylic acids is 1. The van der Waals surface area contributed by atoms with Crippen LogP contribution in [0.15, 0.2) is 30.7 Å². The Balaban J connectivity index is 2.23. The lowest BCUT2D eigenvalue weighted by molar-refractivity contribution is -0.139. The van der Waals surface area contributed by atoms with Crippen molar-refractivity contribution >= 4 is 22.8 Å². The van der Waals surface area contributed by atoms with E-state index < -0.39 is 17.9 Å². The summed E-state index contributed by atoms with van der Waals surface area (Å²) in [6.07, 6.45) is 6.72. The number of nitrogens with one attached hydrogen (secondary N) is 1. The van der Waals surface area contributed by atoms with Crippen LogP contribution < -0.4 is 5.32 Å². The molecule has 0 saturated heterocycles. The molecule has 0 radical (unpaired) electrons. The lowest BCUT2D eigenvalue weighted by Gasteiger charge is -2.14. The minimum atomic E-state index is -1.02. The first-order valence-corrected chi connectivity index (χ1v) is 6.86. The van der Waals surface area contributed by atoms with Crippen molar-refractivity contribution in [2.24, 2.45) is 0 Å². The number of rotatable bonds is 6. The van der Waals surface area contributed by atoms with Gasteiger partial charge in [0.25, 0.3) is 5.91 Å². The molecule has 21 heavy (non-hydrogen) atoms. The number of carbonyl (C=O) groups excluding carboxylic acids is 1. The van der Waals surface area contributed by atoms with E-state index in [1.165, 1.54) is 6.20 Å². The summed E-state index contributed by atoms with van der Waals surface area (Å²) in [5.74, 6) is -1.44. The molecule has 0 aliphatic carbocycles. The van der Waals surface area contributed by atoms with Gasteiger partial charge in [0.15, 0.2) is 0 Å². The number of carboxylic acid groups (broad SMARTS) is 1. The van der Waals surface area contributed by atoms with E-state index >= 15 is 0 Å². The number of aromatic nitrogens is 2. The monoisotopic (exact) mass is 287 g/mol. The van der Waals surface area contributed by atoms with Gasteiger partial charge in [0.2, 0.25) is 0 Å². The number of pyridine rings is 2. The number of aliphatic carboxylic acids is 1. The number of nitrogens with zero attached hydrogens (tertiary/aromatic N) is 2. The average molecular weight is 287 g/mol. The Morgan fingerprint density at radius 2 is 2.14 bits per heavy atom. The second-order valence-corrected chi connectivity index (χ2v) is 4.76. The van der Waals surface area contributed by atoms with Crippen molar-refractivity contribution in [3.63, 3.8) is 0 Å². The molecule has 1 atom stereocenters. The van der Waals surface area contributed by atoms with E-state index in [0.29, 0.717) is 22.9 Å². The van der Waals surface area contributed by atoms with Crippen LogP contribution in [0.1, 0.15) is 36.5 Å². The number of hydrogen-bond donors (Lipinski definition) is 2. The molecule has 0 fully saturated rings. The van der Waals surface area contributed by atoms with Crippen LogP contribution in [0.2, 0.25) is 0 Å². The summed E-state index contributed by atoms with van der Waals surface area (Å²) in [6, 6.07) is 2.40. The molecule has 0 saturated carbocycles. The third-order valence-electron chi connectivity index (χ3n) is 3.24. The molecule has 0 aliphatic rings. The topological polar surface area (TPSA) is 92.2 Å². The third kappa shape index (κ3) is 3.53. The Morgan fingerprint density at radius 1 is 1.33 bits per heavy atom. The standard InChI is InChI=1S/C15H17N3O3/c1-2-3-4-13(15(20)21)18-14(19)10-5-8-17-12-6-7-16-9-11(10)12/h5-9,13H,2-4H2,1H3,(H,18,19)(H,20,21)/t13-/m0/s1. The van der Waals surface area contributed by atoms with Gasteiger partial charge in [-0.25, -0.2) is 4.79 Å². The lowest BCUT2D eigenvalue weighted by Crippen LogP contribution is -2.40. The van der Waals surface area contributed by atoms with Crippen LogP contribution in [0.25, 0.3) is 10.9 Å². The molecule has 2 aromatic rings. The highest BCUT2D eigenvalue weighted by Gasteiger charge is 2.21. The highest BCUT2D eigenvalue weighted by molar-refractivity contribution is 6.06. The second-order valence-electron chi connectivity index (χ2n) is 4.76. The van der Waals surface area contributed by atoms with Gasteiger partial charge in [-0.3, -0.25) is 14.8 Å². The zero-order chi connectivity index (χ0) is 15.2. The Kier molecular flexibility index (Phi) is 4.81. The maximum atomic E-state index is 12.3. The maximum absolute atomic E-state index is 12.3. The first-order valence-electron chi connectivity index (χ1n) is 6.86. The Labute approximate surface area is 122 Å². The second kappa shape index (κ2) is 6.78. The van der Waals surface area contributed by atoms with E-state index in [2.05, 4.69) is 15.3 Å². The number of fused-ring (bicyclic) bond motifs is 1. The van der Waals surface area contributed by atoms with Crippen molar-refractivity contribution in [1.29, 1.82) is 0 Å². The molecule has 0 bridgehead atoms. The minimum absolute atomic E-state index is 0.385. The van der Waals surface area contributed by atoms with Crippen LogP contribution in [-0.4, -0.2) is 33.0 Å². The SMILES string of the molecule is CCCC[C@H](NC(=O)c1ccnc2ccncc12)C(=O)O. The summed E-state index contributed by atoms with van der Waals surface area (Å²) < 4.78 is 0. The van der Waals surface area contributed by atoms with Crippen molar-refractivity contribution in [1.82, 2.24) is 15.3 Å². The summed E-state index contributed by atoms with van der Waals surface area (Å²) >= 11 is 0. The summed E-state index contributed by atoms with van der Waals surface area (Å²) in [6.45, 7) is 1.97. The van der Waals surface area contributed by atoms with Crippen LogP contribution in [0.4, 0.5) is 0 Å². The fourth-order valence-electron chi connectivity index (χ4n) is 2.09. The van der Waals surface area contributed by atoms with E-state index in [4.69, 9.17) is 5.11 Å².